The summed E-state index contributed by atoms with van der Waals surface area (Å²) in [6, 6.07) is 14.6. The van der Waals surface area contributed by atoms with Gasteiger partial charge in [-0.25, -0.2) is 5.43 Å². The molecule has 1 aliphatic heterocycles. The predicted molar refractivity (Wildman–Crippen MR) is 119 cm³/mol. The number of rotatable bonds is 8. The average molecular weight is 421 g/mol. The van der Waals surface area contributed by atoms with Crippen LogP contribution in [0.3, 0.4) is 0 Å². The van der Waals surface area contributed by atoms with Crippen LogP contribution in [0.4, 0.5) is 0 Å². The van der Waals surface area contributed by atoms with Crippen LogP contribution in [0.1, 0.15) is 28.8 Å². The number of piperidine rings is 1. The van der Waals surface area contributed by atoms with Gasteiger partial charge >= 0.3 is 0 Å². The third kappa shape index (κ3) is 5.94. The molecule has 2 aromatic rings. The summed E-state index contributed by atoms with van der Waals surface area (Å²) in [4.78, 5) is 26.8. The molecule has 2 aromatic carbocycles. The molecule has 0 aliphatic carbocycles. The maximum atomic E-state index is 12.5. The van der Waals surface area contributed by atoms with E-state index in [1.807, 2.05) is 36.4 Å². The van der Waals surface area contributed by atoms with Gasteiger partial charge in [0.25, 0.3) is 5.91 Å². The van der Waals surface area contributed by atoms with E-state index in [1.54, 1.807) is 36.4 Å². The van der Waals surface area contributed by atoms with E-state index in [2.05, 4.69) is 17.1 Å². The topological polar surface area (TPSA) is 80.2 Å². The molecule has 1 fully saturated rings. The van der Waals surface area contributed by atoms with Gasteiger partial charge in [-0.05, 0) is 48.7 Å². The highest BCUT2D eigenvalue weighted by atomic mass is 16.5. The summed E-state index contributed by atoms with van der Waals surface area (Å²) in [6.07, 6.45) is 4.45. The smallest absolute Gasteiger partial charge is 0.253 e. The highest BCUT2D eigenvalue weighted by molar-refractivity contribution is 5.94. The summed E-state index contributed by atoms with van der Waals surface area (Å²) in [7, 11) is 1.56. The Bertz CT molecular complexity index is 935. The zero-order valence-corrected chi connectivity index (χ0v) is 17.6. The molecule has 0 radical (unpaired) electrons. The Kier molecular flexibility index (Phi) is 7.81. The lowest BCUT2D eigenvalue weighted by molar-refractivity contribution is -0.126. The van der Waals surface area contributed by atoms with E-state index in [9.17, 15) is 9.59 Å². The highest BCUT2D eigenvalue weighted by Gasteiger charge is 2.27. The first-order chi connectivity index (χ1) is 15.1. The van der Waals surface area contributed by atoms with Crippen molar-refractivity contribution in [2.24, 2.45) is 11.0 Å². The van der Waals surface area contributed by atoms with Crippen molar-refractivity contribution in [3.8, 4) is 11.5 Å². The molecule has 0 aromatic heterocycles. The fourth-order valence-electron chi connectivity index (χ4n) is 3.40. The van der Waals surface area contributed by atoms with E-state index in [1.165, 1.54) is 0 Å². The number of amides is 2. The van der Waals surface area contributed by atoms with Gasteiger partial charge < -0.3 is 14.4 Å². The SMILES string of the molecule is C=CCOc1ccc(/C=N\NC(=O)C2CCN(C(=O)c3ccccc3)CC2)cc1OC. The number of hydrazone groups is 1. The zero-order chi connectivity index (χ0) is 22.1. The Morgan fingerprint density at radius 1 is 1.16 bits per heavy atom. The molecule has 1 N–H and O–H groups in total. The average Bonchev–Trinajstić information content (AvgIpc) is 2.83. The summed E-state index contributed by atoms with van der Waals surface area (Å²) < 4.78 is 10.8. The number of carbonyl (C=O) groups is 2. The summed E-state index contributed by atoms with van der Waals surface area (Å²) in [6.45, 7) is 5.12. The van der Waals surface area contributed by atoms with E-state index in [-0.39, 0.29) is 17.7 Å². The number of likely N-dealkylation sites (tertiary alicyclic amines) is 1. The van der Waals surface area contributed by atoms with Crippen LogP contribution in [0.2, 0.25) is 0 Å². The van der Waals surface area contributed by atoms with Gasteiger partial charge in [-0.2, -0.15) is 5.10 Å². The number of nitrogens with zero attached hydrogens (tertiary/aromatic N) is 2. The third-order valence-electron chi connectivity index (χ3n) is 5.11. The summed E-state index contributed by atoms with van der Waals surface area (Å²) in [5.41, 5.74) is 4.05. The lowest BCUT2D eigenvalue weighted by Gasteiger charge is -2.31. The van der Waals surface area contributed by atoms with Gasteiger partial charge in [0.2, 0.25) is 5.91 Å². The maximum Gasteiger partial charge on any atom is 0.253 e. The van der Waals surface area contributed by atoms with Gasteiger partial charge in [-0.1, -0.05) is 30.9 Å². The van der Waals surface area contributed by atoms with Crippen molar-refractivity contribution in [2.75, 3.05) is 26.8 Å². The normalized spacial score (nSPS) is 14.3. The quantitative estimate of drug-likeness (QED) is 0.403. The Morgan fingerprint density at radius 3 is 2.58 bits per heavy atom. The Hall–Kier alpha value is -3.61. The van der Waals surface area contributed by atoms with E-state index >= 15 is 0 Å². The molecule has 0 atom stereocenters. The van der Waals surface area contributed by atoms with Gasteiger partial charge in [0.15, 0.2) is 11.5 Å². The molecule has 1 aliphatic rings. The molecule has 7 nitrogen and oxygen atoms in total. The molecule has 162 valence electrons. The first-order valence-corrected chi connectivity index (χ1v) is 10.2. The van der Waals surface area contributed by atoms with Crippen LogP contribution in [0.25, 0.3) is 0 Å². The van der Waals surface area contributed by atoms with Crippen LogP contribution < -0.4 is 14.9 Å². The minimum Gasteiger partial charge on any atom is -0.493 e. The summed E-state index contributed by atoms with van der Waals surface area (Å²) in [5, 5.41) is 4.07. The van der Waals surface area contributed by atoms with Gasteiger partial charge in [0.1, 0.15) is 6.61 Å². The van der Waals surface area contributed by atoms with Crippen molar-refractivity contribution < 1.29 is 19.1 Å². The van der Waals surface area contributed by atoms with Crippen molar-refractivity contribution in [2.45, 2.75) is 12.8 Å². The molecule has 0 saturated carbocycles. The summed E-state index contributed by atoms with van der Waals surface area (Å²) in [5.74, 6) is 0.891. The number of hydrogen-bond donors (Lipinski definition) is 1. The second kappa shape index (κ2) is 11.0. The van der Waals surface area contributed by atoms with Crippen LogP contribution in [-0.2, 0) is 4.79 Å². The highest BCUT2D eigenvalue weighted by Crippen LogP contribution is 2.27. The third-order valence-corrected chi connectivity index (χ3v) is 5.11. The fourth-order valence-corrected chi connectivity index (χ4v) is 3.40. The van der Waals surface area contributed by atoms with Crippen molar-refractivity contribution >= 4 is 18.0 Å². The number of carbonyl (C=O) groups excluding carboxylic acids is 2. The van der Waals surface area contributed by atoms with Crippen molar-refractivity contribution in [3.05, 3.63) is 72.3 Å². The predicted octanol–water partition coefficient (Wildman–Crippen LogP) is 3.26. The monoisotopic (exact) mass is 421 g/mol. The second-order valence-corrected chi connectivity index (χ2v) is 7.18. The van der Waals surface area contributed by atoms with Gasteiger partial charge in [-0.15, -0.1) is 0 Å². The van der Waals surface area contributed by atoms with E-state index < -0.39 is 0 Å². The largest absolute Gasteiger partial charge is 0.493 e. The van der Waals surface area contributed by atoms with Crippen LogP contribution in [0.5, 0.6) is 11.5 Å². The van der Waals surface area contributed by atoms with Crippen molar-refractivity contribution in [3.63, 3.8) is 0 Å². The molecule has 7 heteroatoms. The molecule has 31 heavy (non-hydrogen) atoms. The standard InChI is InChI=1S/C24H27N3O4/c1-3-15-31-21-10-9-18(16-22(21)30-2)17-25-26-23(28)19-11-13-27(14-12-19)24(29)20-7-5-4-6-8-20/h3-10,16-17,19H,1,11-15H2,2H3,(H,26,28)/b25-17-. The first kappa shape index (κ1) is 22.1. The van der Waals surface area contributed by atoms with Crippen molar-refractivity contribution in [1.29, 1.82) is 0 Å². The van der Waals surface area contributed by atoms with E-state index in [0.29, 0.717) is 49.6 Å². The molecule has 1 heterocycles. The minimum atomic E-state index is -0.166. The first-order valence-electron chi connectivity index (χ1n) is 10.2. The van der Waals surface area contributed by atoms with Crippen LogP contribution >= 0.6 is 0 Å². The van der Waals surface area contributed by atoms with Crippen LogP contribution in [0, 0.1) is 5.92 Å². The number of nitrogens with one attached hydrogen (secondary N) is 1. The van der Waals surface area contributed by atoms with E-state index in [4.69, 9.17) is 9.47 Å². The van der Waals surface area contributed by atoms with Gasteiger partial charge in [0, 0.05) is 24.6 Å². The molecule has 0 unspecified atom stereocenters. The number of methoxy groups -OCH3 is 1. The molecule has 3 rings (SSSR count). The Labute approximate surface area is 182 Å². The number of ether oxygens (including phenoxy) is 2. The van der Waals surface area contributed by atoms with Gasteiger partial charge in [-0.3, -0.25) is 9.59 Å². The van der Waals surface area contributed by atoms with Crippen molar-refractivity contribution in [1.82, 2.24) is 10.3 Å². The molecular formula is C24H27N3O4. The second-order valence-electron chi connectivity index (χ2n) is 7.18. The molecule has 0 spiro atoms. The Balaban J connectivity index is 1.49. The van der Waals surface area contributed by atoms with E-state index in [0.717, 1.165) is 5.56 Å². The minimum absolute atomic E-state index is 0.00643. The van der Waals surface area contributed by atoms with Gasteiger partial charge in [0.05, 0.1) is 13.3 Å². The molecule has 2 amide bonds. The number of hydrogen-bond acceptors (Lipinski definition) is 5. The van der Waals surface area contributed by atoms with Crippen LogP contribution in [-0.4, -0.2) is 49.7 Å². The summed E-state index contributed by atoms with van der Waals surface area (Å²) >= 11 is 0. The lowest BCUT2D eigenvalue weighted by Crippen LogP contribution is -2.42. The zero-order valence-electron chi connectivity index (χ0n) is 17.6. The molecule has 1 saturated heterocycles. The molecule has 0 bridgehead atoms. The fraction of sp³-hybridized carbons (Fsp3) is 0.292. The lowest BCUT2D eigenvalue weighted by atomic mass is 9.95. The van der Waals surface area contributed by atoms with Crippen LogP contribution in [0.15, 0.2) is 66.3 Å². The number of benzene rings is 2. The Morgan fingerprint density at radius 2 is 1.90 bits per heavy atom. The maximum absolute atomic E-state index is 12.5. The molecular weight excluding hydrogens is 394 g/mol.